The van der Waals surface area contributed by atoms with Gasteiger partial charge in [0.2, 0.25) is 0 Å². The molecule has 0 unspecified atom stereocenters. The average Bonchev–Trinajstić information content (AvgIpc) is 2.90. The molecule has 0 aliphatic rings. The summed E-state index contributed by atoms with van der Waals surface area (Å²) in [4.78, 5) is 11.8. The van der Waals surface area contributed by atoms with E-state index in [4.69, 9.17) is 14.7 Å². The van der Waals surface area contributed by atoms with E-state index in [0.29, 0.717) is 17.7 Å². The molecule has 0 amide bonds. The van der Waals surface area contributed by atoms with Crippen molar-refractivity contribution >= 4 is 5.97 Å². The quantitative estimate of drug-likeness (QED) is 0.186. The first-order valence-electron chi connectivity index (χ1n) is 12.2. The number of unbranched alkanes of at least 4 members (excludes halogenated alkanes) is 7. The SMILES string of the molecule is N#Cc1ccc(-c2ccc(OCCCCCCCCCCOC(=O)c3ccccc3)cc2)cc1. The highest BCUT2D eigenvalue weighted by Gasteiger charge is 2.05. The number of carbonyl (C=O) groups excluding carboxylic acids is 1. The zero-order chi connectivity index (χ0) is 23.8. The molecule has 176 valence electrons. The number of esters is 1. The molecule has 3 aromatic carbocycles. The van der Waals surface area contributed by atoms with E-state index in [0.717, 1.165) is 42.7 Å². The van der Waals surface area contributed by atoms with Crippen LogP contribution in [0.25, 0.3) is 11.1 Å². The summed E-state index contributed by atoms with van der Waals surface area (Å²) in [6.45, 7) is 1.24. The average molecular weight is 456 g/mol. The summed E-state index contributed by atoms with van der Waals surface area (Å²) >= 11 is 0. The normalized spacial score (nSPS) is 10.4. The van der Waals surface area contributed by atoms with E-state index in [1.54, 1.807) is 12.1 Å². The van der Waals surface area contributed by atoms with Crippen molar-refractivity contribution in [3.05, 3.63) is 90.0 Å². The zero-order valence-corrected chi connectivity index (χ0v) is 19.7. The van der Waals surface area contributed by atoms with Crippen LogP contribution in [0, 0.1) is 11.3 Å². The van der Waals surface area contributed by atoms with Crippen LogP contribution in [0.3, 0.4) is 0 Å². The molecular weight excluding hydrogens is 422 g/mol. The molecular formula is C30H33NO3. The van der Waals surface area contributed by atoms with Crippen molar-refractivity contribution in [2.75, 3.05) is 13.2 Å². The van der Waals surface area contributed by atoms with E-state index in [1.165, 1.54) is 32.1 Å². The van der Waals surface area contributed by atoms with Crippen molar-refractivity contribution in [2.45, 2.75) is 51.4 Å². The predicted octanol–water partition coefficient (Wildman–Crippen LogP) is 7.58. The van der Waals surface area contributed by atoms with Crippen LogP contribution in [-0.2, 0) is 4.74 Å². The third kappa shape index (κ3) is 8.75. The third-order valence-corrected chi connectivity index (χ3v) is 5.75. The standard InChI is InChI=1S/C30H33NO3/c31-24-25-14-16-26(17-15-25)27-18-20-29(21-19-27)33-22-10-5-3-1-2-4-6-11-23-34-30(32)28-12-8-7-9-13-28/h7-9,12-21H,1-6,10-11,22-23H2. The van der Waals surface area contributed by atoms with E-state index < -0.39 is 0 Å². The molecule has 0 saturated carbocycles. The van der Waals surface area contributed by atoms with Gasteiger partial charge in [-0.15, -0.1) is 0 Å². The monoisotopic (exact) mass is 455 g/mol. The number of hydrogen-bond donors (Lipinski definition) is 0. The lowest BCUT2D eigenvalue weighted by molar-refractivity contribution is 0.0497. The van der Waals surface area contributed by atoms with Gasteiger partial charge in [0.25, 0.3) is 0 Å². The van der Waals surface area contributed by atoms with E-state index in [2.05, 4.69) is 18.2 Å². The van der Waals surface area contributed by atoms with E-state index in [-0.39, 0.29) is 5.97 Å². The minimum atomic E-state index is -0.231. The smallest absolute Gasteiger partial charge is 0.338 e. The zero-order valence-electron chi connectivity index (χ0n) is 19.7. The maximum absolute atomic E-state index is 11.8. The Morgan fingerprint density at radius 1 is 0.647 bits per heavy atom. The van der Waals surface area contributed by atoms with Gasteiger partial charge in [0.05, 0.1) is 30.4 Å². The molecule has 0 aliphatic heterocycles. The number of ether oxygens (including phenoxy) is 2. The molecule has 0 saturated heterocycles. The Kier molecular flexibility index (Phi) is 10.7. The second-order valence-electron chi connectivity index (χ2n) is 8.39. The van der Waals surface area contributed by atoms with Gasteiger partial charge in [-0.3, -0.25) is 0 Å². The van der Waals surface area contributed by atoms with Gasteiger partial charge in [-0.05, 0) is 60.4 Å². The Bertz CT molecular complexity index is 1020. The highest BCUT2D eigenvalue weighted by Crippen LogP contribution is 2.23. The summed E-state index contributed by atoms with van der Waals surface area (Å²) in [6, 6.07) is 27.0. The lowest BCUT2D eigenvalue weighted by Crippen LogP contribution is -2.06. The maximum atomic E-state index is 11.8. The van der Waals surface area contributed by atoms with E-state index in [9.17, 15) is 4.79 Å². The van der Waals surface area contributed by atoms with Gasteiger partial charge in [0.15, 0.2) is 0 Å². The van der Waals surface area contributed by atoms with Gasteiger partial charge < -0.3 is 9.47 Å². The summed E-state index contributed by atoms with van der Waals surface area (Å²) in [5.41, 5.74) is 3.50. The van der Waals surface area contributed by atoms with Crippen molar-refractivity contribution < 1.29 is 14.3 Å². The minimum Gasteiger partial charge on any atom is -0.494 e. The molecule has 3 aromatic rings. The Hall–Kier alpha value is -3.58. The summed E-state index contributed by atoms with van der Waals surface area (Å²) < 4.78 is 11.2. The molecule has 0 spiro atoms. The highest BCUT2D eigenvalue weighted by molar-refractivity contribution is 5.89. The molecule has 34 heavy (non-hydrogen) atoms. The van der Waals surface area contributed by atoms with Crippen LogP contribution in [0.2, 0.25) is 0 Å². The van der Waals surface area contributed by atoms with E-state index >= 15 is 0 Å². The summed E-state index contributed by atoms with van der Waals surface area (Å²) in [5.74, 6) is 0.662. The minimum absolute atomic E-state index is 0.231. The number of hydrogen-bond acceptors (Lipinski definition) is 4. The van der Waals surface area contributed by atoms with Gasteiger partial charge in [-0.1, -0.05) is 81.0 Å². The fourth-order valence-electron chi connectivity index (χ4n) is 3.76. The predicted molar refractivity (Wildman–Crippen MR) is 136 cm³/mol. The second kappa shape index (κ2) is 14.5. The molecule has 0 bridgehead atoms. The molecule has 3 rings (SSSR count). The van der Waals surface area contributed by atoms with Crippen LogP contribution in [0.4, 0.5) is 0 Å². The number of carbonyl (C=O) groups is 1. The summed E-state index contributed by atoms with van der Waals surface area (Å²) in [6.07, 6.45) is 9.15. The first-order valence-corrected chi connectivity index (χ1v) is 12.2. The maximum Gasteiger partial charge on any atom is 0.338 e. The lowest BCUT2D eigenvalue weighted by Gasteiger charge is -2.08. The van der Waals surface area contributed by atoms with Gasteiger partial charge in [-0.2, -0.15) is 5.26 Å². The van der Waals surface area contributed by atoms with Crippen molar-refractivity contribution in [3.63, 3.8) is 0 Å². The fraction of sp³-hybridized carbons (Fsp3) is 0.333. The van der Waals surface area contributed by atoms with Crippen LogP contribution >= 0.6 is 0 Å². The topological polar surface area (TPSA) is 59.3 Å². The lowest BCUT2D eigenvalue weighted by atomic mass is 10.0. The Morgan fingerprint density at radius 2 is 1.18 bits per heavy atom. The third-order valence-electron chi connectivity index (χ3n) is 5.75. The fourth-order valence-corrected chi connectivity index (χ4v) is 3.76. The van der Waals surface area contributed by atoms with Gasteiger partial charge in [0.1, 0.15) is 5.75 Å². The Labute approximate surface area is 203 Å². The second-order valence-corrected chi connectivity index (χ2v) is 8.39. The van der Waals surface area contributed by atoms with Crippen LogP contribution < -0.4 is 4.74 Å². The molecule has 0 aliphatic carbocycles. The van der Waals surface area contributed by atoms with Crippen molar-refractivity contribution in [1.29, 1.82) is 5.26 Å². The molecule has 0 radical (unpaired) electrons. The summed E-state index contributed by atoms with van der Waals surface area (Å²) in [7, 11) is 0. The number of nitrogens with zero attached hydrogens (tertiary/aromatic N) is 1. The molecule has 0 aromatic heterocycles. The molecule has 0 fully saturated rings. The first-order chi connectivity index (χ1) is 16.8. The van der Waals surface area contributed by atoms with Crippen LogP contribution in [-0.4, -0.2) is 19.2 Å². The van der Waals surface area contributed by atoms with Crippen LogP contribution in [0.5, 0.6) is 5.75 Å². The van der Waals surface area contributed by atoms with Crippen LogP contribution in [0.1, 0.15) is 67.3 Å². The molecule has 4 heteroatoms. The van der Waals surface area contributed by atoms with Gasteiger partial charge in [0, 0.05) is 0 Å². The molecule has 0 atom stereocenters. The first kappa shape index (κ1) is 25.1. The molecule has 0 heterocycles. The van der Waals surface area contributed by atoms with Crippen molar-refractivity contribution in [3.8, 4) is 22.9 Å². The van der Waals surface area contributed by atoms with Gasteiger partial charge in [-0.25, -0.2) is 4.79 Å². The van der Waals surface area contributed by atoms with Crippen LogP contribution in [0.15, 0.2) is 78.9 Å². The Morgan fingerprint density at radius 3 is 1.76 bits per heavy atom. The van der Waals surface area contributed by atoms with Gasteiger partial charge >= 0.3 is 5.97 Å². The number of nitriles is 1. The van der Waals surface area contributed by atoms with Crippen molar-refractivity contribution in [1.82, 2.24) is 0 Å². The molecule has 4 nitrogen and oxygen atoms in total. The Balaban J connectivity index is 1.16. The van der Waals surface area contributed by atoms with Crippen molar-refractivity contribution in [2.24, 2.45) is 0 Å². The van der Waals surface area contributed by atoms with E-state index in [1.807, 2.05) is 54.6 Å². The highest BCUT2D eigenvalue weighted by atomic mass is 16.5. The molecule has 0 N–H and O–H groups in total. The number of rotatable bonds is 14. The largest absolute Gasteiger partial charge is 0.494 e. The summed E-state index contributed by atoms with van der Waals surface area (Å²) in [5, 5.41) is 8.90. The number of benzene rings is 3.